The Bertz CT molecular complexity index is 801. The first-order valence-electron chi connectivity index (χ1n) is 5.97. The van der Waals surface area contributed by atoms with Crippen molar-refractivity contribution >= 4 is 10.1 Å². The van der Waals surface area contributed by atoms with Gasteiger partial charge in [0.1, 0.15) is 0 Å². The van der Waals surface area contributed by atoms with Gasteiger partial charge in [-0.1, -0.05) is 24.3 Å². The molecule has 0 spiro atoms. The number of rotatable bonds is 0. The normalized spacial score (nSPS) is 13.0. The Morgan fingerprint density at radius 1 is 1.00 bits per heavy atom. The van der Waals surface area contributed by atoms with Gasteiger partial charge in [0.05, 0.1) is 0 Å². The summed E-state index contributed by atoms with van der Waals surface area (Å²) in [6.45, 7) is 2.21. The predicted octanol–water partition coefficient (Wildman–Crippen LogP) is 0.155. The van der Waals surface area contributed by atoms with E-state index in [9.17, 15) is 13.2 Å². The predicted molar refractivity (Wildman–Crippen MR) is 69.8 cm³/mol. The summed E-state index contributed by atoms with van der Waals surface area (Å²) < 4.78 is 62.1. The molecule has 8 heteroatoms. The molecule has 3 rings (SSSR count). The van der Waals surface area contributed by atoms with Crippen molar-refractivity contribution in [1.82, 2.24) is 0 Å². The van der Waals surface area contributed by atoms with Crippen LogP contribution in [-0.2, 0) is 10.1 Å². The minimum atomic E-state index is -6.09. The van der Waals surface area contributed by atoms with Crippen molar-refractivity contribution in [3.05, 3.63) is 55.2 Å². The van der Waals surface area contributed by atoms with Crippen molar-refractivity contribution < 1.29 is 47.3 Å². The number of alkyl halides is 3. The van der Waals surface area contributed by atoms with Gasteiger partial charge in [-0.25, -0.2) is 8.42 Å². The summed E-state index contributed by atoms with van der Waals surface area (Å²) in [6, 6.07) is 15.5. The van der Waals surface area contributed by atoms with Crippen LogP contribution in [0.4, 0.5) is 13.2 Å². The highest BCUT2D eigenvalue weighted by Crippen LogP contribution is 2.25. The van der Waals surface area contributed by atoms with Crippen LogP contribution in [0, 0.1) is 14.1 Å². The SMILES string of the molecule is Cc1cccc2c1-c1ccccc1[I+]2.O=S(=O)([O-])C(F)(F)F. The van der Waals surface area contributed by atoms with Crippen molar-refractivity contribution in [2.24, 2.45) is 0 Å². The summed E-state index contributed by atoms with van der Waals surface area (Å²) in [7, 11) is -6.09. The average molecular weight is 442 g/mol. The summed E-state index contributed by atoms with van der Waals surface area (Å²) in [6.07, 6.45) is 0. The maximum Gasteiger partial charge on any atom is 0.485 e. The quantitative estimate of drug-likeness (QED) is 0.283. The largest absolute Gasteiger partial charge is 0.741 e. The molecular weight excluding hydrogens is 432 g/mol. The van der Waals surface area contributed by atoms with Crippen molar-refractivity contribution in [3.8, 4) is 11.1 Å². The van der Waals surface area contributed by atoms with Gasteiger partial charge in [0.2, 0.25) is 7.14 Å². The van der Waals surface area contributed by atoms with Gasteiger partial charge >= 0.3 is 26.7 Å². The minimum Gasteiger partial charge on any atom is -0.741 e. The van der Waals surface area contributed by atoms with E-state index < -0.39 is 15.6 Å². The van der Waals surface area contributed by atoms with Gasteiger partial charge in [0.15, 0.2) is 10.1 Å². The van der Waals surface area contributed by atoms with Gasteiger partial charge in [-0.2, -0.15) is 13.2 Å². The van der Waals surface area contributed by atoms with Crippen molar-refractivity contribution in [2.45, 2.75) is 12.4 Å². The molecule has 0 aliphatic carbocycles. The smallest absolute Gasteiger partial charge is 0.485 e. The fourth-order valence-corrected chi connectivity index (χ4v) is 5.03. The van der Waals surface area contributed by atoms with Crippen LogP contribution in [0.15, 0.2) is 42.5 Å². The van der Waals surface area contributed by atoms with E-state index in [0.717, 1.165) is 0 Å². The van der Waals surface area contributed by atoms with E-state index in [4.69, 9.17) is 13.0 Å². The van der Waals surface area contributed by atoms with Gasteiger partial charge in [0, 0.05) is 11.1 Å². The molecule has 118 valence electrons. The molecule has 22 heavy (non-hydrogen) atoms. The number of hydrogen-bond acceptors (Lipinski definition) is 3. The van der Waals surface area contributed by atoms with E-state index in [1.54, 1.807) is 7.14 Å². The third kappa shape index (κ3) is 3.61. The highest BCUT2D eigenvalue weighted by atomic mass is 127. The second-order valence-electron chi connectivity index (χ2n) is 4.41. The van der Waals surface area contributed by atoms with Crippen LogP contribution in [0.2, 0.25) is 0 Å². The fourth-order valence-electron chi connectivity index (χ4n) is 1.91. The summed E-state index contributed by atoms with van der Waals surface area (Å²) >= 11 is 0.0860. The lowest BCUT2D eigenvalue weighted by molar-refractivity contribution is -0.589. The molecule has 0 bridgehead atoms. The van der Waals surface area contributed by atoms with Crippen LogP contribution >= 0.6 is 0 Å². The number of fused-ring (bicyclic) bond motifs is 3. The Labute approximate surface area is 136 Å². The maximum absolute atomic E-state index is 10.7. The molecular formula is C14H10F3IO3S. The molecule has 1 heterocycles. The second kappa shape index (κ2) is 6.17. The van der Waals surface area contributed by atoms with Gasteiger partial charge in [0.25, 0.3) is 0 Å². The van der Waals surface area contributed by atoms with E-state index in [-0.39, 0.29) is 21.2 Å². The summed E-state index contributed by atoms with van der Waals surface area (Å²) in [5.74, 6) is 0. The highest BCUT2D eigenvalue weighted by Gasteiger charge is 2.37. The molecule has 0 fully saturated rings. The molecule has 1 aliphatic heterocycles. The molecule has 0 saturated heterocycles. The zero-order chi connectivity index (χ0) is 16.5. The lowest BCUT2D eigenvalue weighted by atomic mass is 10.0. The Morgan fingerprint density at radius 2 is 1.55 bits per heavy atom. The lowest BCUT2D eigenvalue weighted by Crippen LogP contribution is -3.61. The van der Waals surface area contributed by atoms with Gasteiger partial charge in [-0.05, 0) is 30.7 Å². The first-order valence-corrected chi connectivity index (χ1v) is 9.54. The molecule has 1 aliphatic rings. The Morgan fingerprint density at radius 3 is 2.14 bits per heavy atom. The van der Waals surface area contributed by atoms with Gasteiger partial charge in [-0.3, -0.25) is 0 Å². The Hall–Kier alpha value is -1.13. The fraction of sp³-hybridized carbons (Fsp3) is 0.143. The monoisotopic (exact) mass is 442 g/mol. The molecule has 0 N–H and O–H groups in total. The average Bonchev–Trinajstić information content (AvgIpc) is 2.76. The molecule has 0 unspecified atom stereocenters. The number of aryl methyl sites for hydroxylation is 1. The molecule has 0 saturated carbocycles. The Kier molecular flexibility index (Phi) is 4.83. The third-order valence-corrected chi connectivity index (χ3v) is 6.42. The molecule has 0 aromatic heterocycles. The second-order valence-corrected chi connectivity index (χ2v) is 8.64. The standard InChI is InChI=1S/C13H10I.CHF3O3S/c1-9-5-4-8-12-13(9)10-6-2-3-7-11(10)14-12;2-1(3,4)8(5,6)7/h2-8H,1H3;(H,5,6,7)/q+1;/p-1. The maximum atomic E-state index is 10.7. The number of hydrogen-bond donors (Lipinski definition) is 0. The first-order chi connectivity index (χ1) is 10.1. The molecule has 3 nitrogen and oxygen atoms in total. The number of benzene rings is 2. The highest BCUT2D eigenvalue weighted by molar-refractivity contribution is 7.86. The molecule has 0 radical (unpaired) electrons. The van der Waals surface area contributed by atoms with Crippen LogP contribution in [0.1, 0.15) is 5.56 Å². The lowest BCUT2D eigenvalue weighted by Gasteiger charge is -2.08. The van der Waals surface area contributed by atoms with Crippen LogP contribution in [-0.4, -0.2) is 18.5 Å². The van der Waals surface area contributed by atoms with Crippen LogP contribution in [0.5, 0.6) is 0 Å². The summed E-state index contributed by atoms with van der Waals surface area (Å²) in [4.78, 5) is 0. The van der Waals surface area contributed by atoms with E-state index in [0.29, 0.717) is 0 Å². The molecule has 2 aromatic rings. The first kappa shape index (κ1) is 17.2. The van der Waals surface area contributed by atoms with Crippen molar-refractivity contribution in [3.63, 3.8) is 0 Å². The van der Waals surface area contributed by atoms with E-state index >= 15 is 0 Å². The third-order valence-electron chi connectivity index (χ3n) is 2.85. The van der Waals surface area contributed by atoms with E-state index in [1.807, 2.05) is 0 Å². The van der Waals surface area contributed by atoms with Gasteiger partial charge in [-0.15, -0.1) is 0 Å². The van der Waals surface area contributed by atoms with Crippen LogP contribution < -0.4 is 21.2 Å². The van der Waals surface area contributed by atoms with E-state index in [2.05, 4.69) is 49.4 Å². The van der Waals surface area contributed by atoms with E-state index in [1.165, 1.54) is 16.7 Å². The van der Waals surface area contributed by atoms with Crippen LogP contribution in [0.25, 0.3) is 11.1 Å². The topological polar surface area (TPSA) is 57.2 Å². The molecule has 0 amide bonds. The zero-order valence-electron chi connectivity index (χ0n) is 11.2. The van der Waals surface area contributed by atoms with Crippen molar-refractivity contribution in [1.29, 1.82) is 0 Å². The molecule has 2 aromatic carbocycles. The van der Waals surface area contributed by atoms with Crippen molar-refractivity contribution in [2.75, 3.05) is 0 Å². The molecule has 0 atom stereocenters. The summed E-state index contributed by atoms with van der Waals surface area (Å²) in [5, 5.41) is 0. The summed E-state index contributed by atoms with van der Waals surface area (Å²) in [5.41, 5.74) is -1.23. The van der Waals surface area contributed by atoms with Gasteiger partial charge < -0.3 is 4.55 Å². The minimum absolute atomic E-state index is 0.0860. The Balaban J connectivity index is 0.000000192. The number of halogens is 4. The zero-order valence-corrected chi connectivity index (χ0v) is 14.2. The van der Waals surface area contributed by atoms with Crippen LogP contribution in [0.3, 0.4) is 0 Å².